The molecule has 0 radical (unpaired) electrons. The zero-order valence-electron chi connectivity index (χ0n) is 23.4. The second-order valence-corrected chi connectivity index (χ2v) is 10.8. The summed E-state index contributed by atoms with van der Waals surface area (Å²) in [5, 5.41) is 14.1. The first-order valence-corrected chi connectivity index (χ1v) is 13.0. The van der Waals surface area contributed by atoms with Gasteiger partial charge in [0.2, 0.25) is 0 Å². The van der Waals surface area contributed by atoms with Gasteiger partial charge in [0.1, 0.15) is 12.1 Å². The highest BCUT2D eigenvalue weighted by molar-refractivity contribution is 6.15. The second-order valence-electron chi connectivity index (χ2n) is 10.8. The van der Waals surface area contributed by atoms with Crippen molar-refractivity contribution in [1.82, 2.24) is 9.13 Å². The molecule has 3 aromatic carbocycles. The number of nitrogens with zero attached hydrogens (tertiary/aromatic N) is 4. The van der Waals surface area contributed by atoms with Gasteiger partial charge in [-0.25, -0.2) is 0 Å². The van der Waals surface area contributed by atoms with E-state index in [1.807, 2.05) is 0 Å². The fourth-order valence-corrected chi connectivity index (χ4v) is 5.33. The van der Waals surface area contributed by atoms with Crippen LogP contribution in [0.15, 0.2) is 43.4 Å². The Kier molecular flexibility index (Phi) is 7.50. The summed E-state index contributed by atoms with van der Waals surface area (Å²) in [4.78, 5) is 51.5. The van der Waals surface area contributed by atoms with Gasteiger partial charge in [-0.3, -0.25) is 28.3 Å². The molecule has 0 aliphatic heterocycles. The van der Waals surface area contributed by atoms with E-state index >= 15 is 0 Å². The molecule has 0 aliphatic carbocycles. The molecule has 0 saturated heterocycles. The van der Waals surface area contributed by atoms with Crippen LogP contribution in [0.25, 0.3) is 43.1 Å². The lowest BCUT2D eigenvalue weighted by molar-refractivity contribution is -0.357. The van der Waals surface area contributed by atoms with E-state index in [0.717, 1.165) is 0 Å². The molecule has 5 rings (SSSR count). The van der Waals surface area contributed by atoms with Crippen LogP contribution >= 0.6 is 0 Å². The zero-order valence-corrected chi connectivity index (χ0v) is 23.4. The van der Waals surface area contributed by atoms with E-state index in [1.165, 1.54) is 0 Å². The van der Waals surface area contributed by atoms with E-state index in [9.17, 15) is 91.2 Å². The smallest absolute Gasteiger partial charge is 0.269 e. The van der Waals surface area contributed by atoms with Crippen LogP contribution in [0, 0.1) is 22.7 Å². The van der Waals surface area contributed by atoms with Crippen LogP contribution in [0.2, 0.25) is 0 Å². The molecular weight excluding hydrogens is 722 g/mol. The summed E-state index contributed by atoms with van der Waals surface area (Å²) in [6.45, 7) is -5.55. The minimum absolute atomic E-state index is 0.518. The highest BCUT2D eigenvalue weighted by Gasteiger charge is 2.74. The Morgan fingerprint density at radius 2 is 0.660 bits per heavy atom. The summed E-state index contributed by atoms with van der Waals surface area (Å²) < 4.78 is 185. The summed E-state index contributed by atoms with van der Waals surface area (Å²) in [5.74, 6) is -25.6. The standard InChI is InChI=1S/C28H8F14N4O4/c29-23(30,25(33,34)27(37,38)39)7-45-19(47)13-1-9-10(2-14(13)20(45)48)18(6-44)12-4-16-15(3-11(12)17(9)5-43)21(49)46(22(16)50)8-24(31,32)26(35,36)28(40,41)42/h1-4H,7-8H2. The highest BCUT2D eigenvalue weighted by Crippen LogP contribution is 2.48. The fraction of sp³-hybridized carbons (Fsp3) is 0.286. The lowest BCUT2D eigenvalue weighted by atomic mass is 9.90. The number of hydrogen-bond acceptors (Lipinski definition) is 6. The van der Waals surface area contributed by atoms with E-state index in [1.54, 1.807) is 12.1 Å². The van der Waals surface area contributed by atoms with Gasteiger partial charge >= 0.3 is 36.0 Å². The van der Waals surface area contributed by atoms with Crippen molar-refractivity contribution < 1.29 is 61.5 Å². The minimum atomic E-state index is -6.82. The van der Waals surface area contributed by atoms with Gasteiger partial charge in [0.25, 0.3) is 22.2 Å². The van der Waals surface area contributed by atoms with Crippen molar-refractivity contribution in [1.29, 1.82) is 10.5 Å². The van der Waals surface area contributed by atoms with Crippen LogP contribution in [0.4, 0.5) is 61.5 Å². The third kappa shape index (κ3) is 4.71. The van der Waals surface area contributed by atoms with Crippen LogP contribution < -0.4 is 22.2 Å². The first kappa shape index (κ1) is 35.8. The maximum absolute atomic E-state index is 14.1. The van der Waals surface area contributed by atoms with E-state index in [-0.39, 0.29) is 0 Å². The van der Waals surface area contributed by atoms with Gasteiger partial charge in [-0.1, -0.05) is 0 Å². The van der Waals surface area contributed by atoms with Crippen molar-refractivity contribution in [3.63, 3.8) is 0 Å². The molecule has 8 nitrogen and oxygen atoms in total. The Balaban J connectivity index is 1.81. The minimum Gasteiger partial charge on any atom is -0.269 e. The molecule has 0 aliphatic rings. The number of halogens is 14. The number of alkyl halides is 14. The van der Waals surface area contributed by atoms with Gasteiger partial charge in [0.05, 0.1) is 45.8 Å². The number of hydrogen-bond donors (Lipinski definition) is 0. The van der Waals surface area contributed by atoms with E-state index < -0.39 is 135 Å². The molecule has 0 amide bonds. The SMILES string of the molecule is N#Cc1c2cc3c(=O)n(CC(F)(F)C(F)(F)C(F)(F)F)c(=O)c3cc2c(C#N)c2cc3c(=O)n(CC(F)(F)C(F)(F)C(F)(F)F)c(=O)c3cc12. The Morgan fingerprint density at radius 1 is 0.440 bits per heavy atom. The molecule has 0 saturated carbocycles. The van der Waals surface area contributed by atoms with E-state index in [4.69, 9.17) is 0 Å². The molecule has 2 heterocycles. The van der Waals surface area contributed by atoms with Gasteiger partial charge in [-0.2, -0.15) is 72.0 Å². The average molecular weight is 730 g/mol. The van der Waals surface area contributed by atoms with Crippen molar-refractivity contribution in [2.75, 3.05) is 0 Å². The molecule has 5 aromatic rings. The molecule has 0 N–H and O–H groups in total. The summed E-state index contributed by atoms with van der Waals surface area (Å²) >= 11 is 0. The molecule has 0 fully saturated rings. The van der Waals surface area contributed by atoms with Crippen LogP contribution in [-0.4, -0.2) is 45.2 Å². The van der Waals surface area contributed by atoms with Crippen molar-refractivity contribution in [2.45, 2.75) is 49.1 Å². The normalized spacial score (nSPS) is 13.8. The van der Waals surface area contributed by atoms with Crippen molar-refractivity contribution in [3.8, 4) is 12.1 Å². The number of aromatic nitrogens is 2. The molecule has 0 atom stereocenters. The predicted molar refractivity (Wildman–Crippen MR) is 141 cm³/mol. The number of benzene rings is 3. The Labute approximate surface area is 262 Å². The highest BCUT2D eigenvalue weighted by atomic mass is 19.4. The molecule has 22 heteroatoms. The fourth-order valence-electron chi connectivity index (χ4n) is 5.33. The van der Waals surface area contributed by atoms with Gasteiger partial charge in [0.15, 0.2) is 0 Å². The predicted octanol–water partition coefficient (Wildman–Crippen LogP) is 5.63. The Hall–Kier alpha value is -5.54. The van der Waals surface area contributed by atoms with Crippen LogP contribution in [0.5, 0.6) is 0 Å². The van der Waals surface area contributed by atoms with Crippen LogP contribution in [0.3, 0.4) is 0 Å². The molecular formula is C28H8F14N4O4. The summed E-state index contributed by atoms with van der Waals surface area (Å²) in [5.41, 5.74) is -8.69. The Bertz CT molecular complexity index is 2290. The first-order valence-electron chi connectivity index (χ1n) is 13.0. The Morgan fingerprint density at radius 3 is 0.840 bits per heavy atom. The molecule has 262 valence electrons. The van der Waals surface area contributed by atoms with Gasteiger partial charge in [0, 0.05) is 21.5 Å². The number of nitriles is 2. The summed E-state index contributed by atoms with van der Waals surface area (Å²) in [6, 6.07) is 5.48. The van der Waals surface area contributed by atoms with Gasteiger partial charge < -0.3 is 0 Å². The zero-order chi connectivity index (χ0) is 37.9. The largest absolute Gasteiger partial charge is 0.459 e. The van der Waals surface area contributed by atoms with Crippen LogP contribution in [0.1, 0.15) is 11.1 Å². The average Bonchev–Trinajstić information content (AvgIpc) is 3.35. The van der Waals surface area contributed by atoms with Crippen molar-refractivity contribution >= 4 is 43.1 Å². The molecule has 2 aromatic heterocycles. The topological polar surface area (TPSA) is 126 Å². The third-order valence-corrected chi connectivity index (χ3v) is 7.86. The second kappa shape index (κ2) is 10.5. The summed E-state index contributed by atoms with van der Waals surface area (Å²) in [7, 11) is 0. The van der Waals surface area contributed by atoms with E-state index in [0.29, 0.717) is 24.3 Å². The molecule has 0 bridgehead atoms. The van der Waals surface area contributed by atoms with Crippen LogP contribution in [-0.2, 0) is 13.1 Å². The third-order valence-electron chi connectivity index (χ3n) is 7.86. The van der Waals surface area contributed by atoms with Crippen molar-refractivity contribution in [2.24, 2.45) is 0 Å². The number of fused-ring (bicyclic) bond motifs is 4. The summed E-state index contributed by atoms with van der Waals surface area (Å²) in [6.07, 6.45) is -13.6. The van der Waals surface area contributed by atoms with E-state index in [2.05, 4.69) is 0 Å². The van der Waals surface area contributed by atoms with Crippen molar-refractivity contribution in [3.05, 3.63) is 76.8 Å². The number of rotatable bonds is 6. The maximum atomic E-state index is 14.1. The van der Waals surface area contributed by atoms with Gasteiger partial charge in [-0.05, 0) is 24.3 Å². The maximum Gasteiger partial charge on any atom is 0.459 e. The van der Waals surface area contributed by atoms with Gasteiger partial charge in [-0.15, -0.1) is 0 Å². The molecule has 50 heavy (non-hydrogen) atoms. The monoisotopic (exact) mass is 730 g/mol. The first-order chi connectivity index (χ1) is 22.7. The quantitative estimate of drug-likeness (QED) is 0.165. The molecule has 0 unspecified atom stereocenters. The molecule has 0 spiro atoms. The lowest BCUT2D eigenvalue weighted by Gasteiger charge is -2.27. The lowest BCUT2D eigenvalue weighted by Crippen LogP contribution is -2.55.